The van der Waals surface area contributed by atoms with Crippen molar-refractivity contribution in [3.63, 3.8) is 0 Å². The molecule has 1 aromatic carbocycles. The SMILES string of the molecule is CCCCCCOc1ccc(-n2nnc(CN)c2C)cc1. The van der Waals surface area contributed by atoms with Gasteiger partial charge in [0, 0.05) is 6.54 Å². The molecule has 0 saturated heterocycles. The van der Waals surface area contributed by atoms with Crippen LogP contribution in [0.4, 0.5) is 0 Å². The first-order valence-corrected chi connectivity index (χ1v) is 7.60. The Morgan fingerprint density at radius 3 is 2.52 bits per heavy atom. The number of nitrogens with two attached hydrogens (primary N) is 1. The maximum atomic E-state index is 5.73. The third-order valence-corrected chi connectivity index (χ3v) is 3.53. The van der Waals surface area contributed by atoms with Crippen molar-refractivity contribution in [2.24, 2.45) is 5.73 Å². The predicted octanol–water partition coefficient (Wildman–Crippen LogP) is 2.99. The molecule has 114 valence electrons. The summed E-state index contributed by atoms with van der Waals surface area (Å²) in [7, 11) is 0. The van der Waals surface area contributed by atoms with Gasteiger partial charge in [0.25, 0.3) is 0 Å². The zero-order valence-corrected chi connectivity index (χ0v) is 12.9. The lowest BCUT2D eigenvalue weighted by molar-refractivity contribution is 0.305. The molecule has 0 aliphatic carbocycles. The molecule has 1 aromatic heterocycles. The van der Waals surface area contributed by atoms with E-state index in [0.29, 0.717) is 6.54 Å². The highest BCUT2D eigenvalue weighted by Gasteiger charge is 2.08. The zero-order chi connectivity index (χ0) is 15.1. The first kappa shape index (κ1) is 15.5. The molecule has 5 nitrogen and oxygen atoms in total. The molecular weight excluding hydrogens is 264 g/mol. The number of benzene rings is 1. The first-order valence-electron chi connectivity index (χ1n) is 7.60. The summed E-state index contributed by atoms with van der Waals surface area (Å²) in [5.41, 5.74) is 8.39. The molecule has 2 N–H and O–H groups in total. The van der Waals surface area contributed by atoms with Crippen LogP contribution in [-0.2, 0) is 6.54 Å². The standard InChI is InChI=1S/C16H24N4O/c1-3-4-5-6-11-21-15-9-7-14(8-10-15)20-13(2)16(12-17)18-19-20/h7-10H,3-6,11-12,17H2,1-2H3. The van der Waals surface area contributed by atoms with Crippen LogP contribution in [0.5, 0.6) is 5.75 Å². The van der Waals surface area contributed by atoms with Crippen molar-refractivity contribution in [3.8, 4) is 11.4 Å². The van der Waals surface area contributed by atoms with Crippen molar-refractivity contribution in [3.05, 3.63) is 35.7 Å². The van der Waals surface area contributed by atoms with Crippen molar-refractivity contribution in [2.75, 3.05) is 6.61 Å². The lowest BCUT2D eigenvalue weighted by Crippen LogP contribution is -2.02. The molecule has 0 radical (unpaired) electrons. The Hall–Kier alpha value is -1.88. The van der Waals surface area contributed by atoms with Crippen LogP contribution in [0.1, 0.15) is 44.0 Å². The van der Waals surface area contributed by atoms with Crippen molar-refractivity contribution >= 4 is 0 Å². The summed E-state index contributed by atoms with van der Waals surface area (Å²) in [5, 5.41) is 8.20. The summed E-state index contributed by atoms with van der Waals surface area (Å²) in [5.74, 6) is 0.895. The first-order chi connectivity index (χ1) is 10.3. The Labute approximate surface area is 126 Å². The Balaban J connectivity index is 1.94. The summed E-state index contributed by atoms with van der Waals surface area (Å²) in [6.45, 7) is 5.37. The van der Waals surface area contributed by atoms with E-state index >= 15 is 0 Å². The van der Waals surface area contributed by atoms with Gasteiger partial charge in [-0.25, -0.2) is 4.68 Å². The number of hydrogen-bond acceptors (Lipinski definition) is 4. The zero-order valence-electron chi connectivity index (χ0n) is 12.9. The normalized spacial score (nSPS) is 10.8. The van der Waals surface area contributed by atoms with Gasteiger partial charge in [0.05, 0.1) is 23.7 Å². The van der Waals surface area contributed by atoms with E-state index in [-0.39, 0.29) is 0 Å². The quantitative estimate of drug-likeness (QED) is 0.758. The van der Waals surface area contributed by atoms with Gasteiger partial charge >= 0.3 is 0 Å². The van der Waals surface area contributed by atoms with Gasteiger partial charge in [-0.05, 0) is 37.6 Å². The van der Waals surface area contributed by atoms with Crippen LogP contribution in [-0.4, -0.2) is 21.6 Å². The summed E-state index contributed by atoms with van der Waals surface area (Å²) in [6, 6.07) is 7.92. The second-order valence-corrected chi connectivity index (χ2v) is 5.14. The minimum absolute atomic E-state index is 0.408. The highest BCUT2D eigenvalue weighted by Crippen LogP contribution is 2.17. The number of ether oxygens (including phenoxy) is 1. The van der Waals surface area contributed by atoms with Gasteiger partial charge in [-0.2, -0.15) is 0 Å². The molecule has 2 rings (SSSR count). The van der Waals surface area contributed by atoms with Gasteiger partial charge in [0.1, 0.15) is 5.75 Å². The molecule has 0 fully saturated rings. The van der Waals surface area contributed by atoms with Gasteiger partial charge in [-0.3, -0.25) is 0 Å². The number of nitrogens with zero attached hydrogens (tertiary/aromatic N) is 3. The van der Waals surface area contributed by atoms with Gasteiger partial charge < -0.3 is 10.5 Å². The molecule has 0 saturated carbocycles. The molecule has 0 bridgehead atoms. The molecule has 2 aromatic rings. The summed E-state index contributed by atoms with van der Waals surface area (Å²) in [4.78, 5) is 0. The van der Waals surface area contributed by atoms with Crippen LogP contribution in [0.3, 0.4) is 0 Å². The van der Waals surface area contributed by atoms with Crippen molar-refractivity contribution in [1.29, 1.82) is 0 Å². The number of rotatable bonds is 8. The number of unbranched alkanes of at least 4 members (excludes halogenated alkanes) is 3. The maximum absolute atomic E-state index is 5.73. The van der Waals surface area contributed by atoms with E-state index in [1.54, 1.807) is 4.68 Å². The predicted molar refractivity (Wildman–Crippen MR) is 83.6 cm³/mol. The van der Waals surface area contributed by atoms with E-state index in [0.717, 1.165) is 35.9 Å². The minimum atomic E-state index is 0.408. The average molecular weight is 288 g/mol. The van der Waals surface area contributed by atoms with Gasteiger partial charge in [0.15, 0.2) is 0 Å². The van der Waals surface area contributed by atoms with Crippen LogP contribution in [0.2, 0.25) is 0 Å². The molecule has 21 heavy (non-hydrogen) atoms. The number of aromatic nitrogens is 3. The van der Waals surface area contributed by atoms with Crippen LogP contribution in [0, 0.1) is 6.92 Å². The topological polar surface area (TPSA) is 66.0 Å². The van der Waals surface area contributed by atoms with Crippen molar-refractivity contribution in [1.82, 2.24) is 15.0 Å². The smallest absolute Gasteiger partial charge is 0.119 e. The molecule has 0 aliphatic rings. The van der Waals surface area contributed by atoms with E-state index in [1.165, 1.54) is 19.3 Å². The fraction of sp³-hybridized carbons (Fsp3) is 0.500. The van der Waals surface area contributed by atoms with Crippen LogP contribution < -0.4 is 10.5 Å². The highest BCUT2D eigenvalue weighted by molar-refractivity contribution is 5.38. The van der Waals surface area contributed by atoms with Crippen LogP contribution in [0.15, 0.2) is 24.3 Å². The Bertz CT molecular complexity index is 548. The second kappa shape index (κ2) is 7.78. The molecule has 1 heterocycles. The van der Waals surface area contributed by atoms with Gasteiger partial charge in [0.2, 0.25) is 0 Å². The molecular formula is C16H24N4O. The van der Waals surface area contributed by atoms with Gasteiger partial charge in [-0.1, -0.05) is 31.4 Å². The van der Waals surface area contributed by atoms with Crippen LogP contribution in [0.25, 0.3) is 5.69 Å². The largest absolute Gasteiger partial charge is 0.494 e. The fourth-order valence-corrected chi connectivity index (χ4v) is 2.20. The van der Waals surface area contributed by atoms with Crippen LogP contribution >= 0.6 is 0 Å². The molecule has 0 spiro atoms. The lowest BCUT2D eigenvalue weighted by Gasteiger charge is -2.08. The van der Waals surface area contributed by atoms with Crippen molar-refractivity contribution in [2.45, 2.75) is 46.1 Å². The van der Waals surface area contributed by atoms with E-state index in [2.05, 4.69) is 17.2 Å². The summed E-state index contributed by atoms with van der Waals surface area (Å²) < 4.78 is 7.53. The van der Waals surface area contributed by atoms with Crippen molar-refractivity contribution < 1.29 is 4.74 Å². The maximum Gasteiger partial charge on any atom is 0.119 e. The lowest BCUT2D eigenvalue weighted by atomic mass is 10.2. The van der Waals surface area contributed by atoms with Gasteiger partial charge in [-0.15, -0.1) is 5.10 Å². The molecule has 0 aliphatic heterocycles. The van der Waals surface area contributed by atoms with E-state index in [1.807, 2.05) is 31.2 Å². The monoisotopic (exact) mass is 288 g/mol. The Kier molecular flexibility index (Phi) is 5.75. The minimum Gasteiger partial charge on any atom is -0.494 e. The average Bonchev–Trinajstić information content (AvgIpc) is 2.88. The highest BCUT2D eigenvalue weighted by atomic mass is 16.5. The third kappa shape index (κ3) is 4.04. The molecule has 0 unspecified atom stereocenters. The molecule has 0 amide bonds. The fourth-order valence-electron chi connectivity index (χ4n) is 2.20. The molecule has 5 heteroatoms. The number of hydrogen-bond donors (Lipinski definition) is 1. The molecule has 0 atom stereocenters. The van der Waals surface area contributed by atoms with E-state index < -0.39 is 0 Å². The Morgan fingerprint density at radius 1 is 1.14 bits per heavy atom. The summed E-state index contributed by atoms with van der Waals surface area (Å²) in [6.07, 6.45) is 4.86. The Morgan fingerprint density at radius 2 is 1.90 bits per heavy atom. The second-order valence-electron chi connectivity index (χ2n) is 5.14. The summed E-state index contributed by atoms with van der Waals surface area (Å²) >= 11 is 0. The van der Waals surface area contributed by atoms with E-state index in [9.17, 15) is 0 Å². The third-order valence-electron chi connectivity index (χ3n) is 3.53. The van der Waals surface area contributed by atoms with E-state index in [4.69, 9.17) is 10.5 Å².